The van der Waals surface area contributed by atoms with E-state index in [4.69, 9.17) is 9.47 Å². The highest BCUT2D eigenvalue weighted by molar-refractivity contribution is 6.03. The zero-order valence-electron chi connectivity index (χ0n) is 24.6. The molecule has 1 aliphatic rings. The molecule has 3 aromatic rings. The summed E-state index contributed by atoms with van der Waals surface area (Å²) in [5.74, 6) is -0.433. The van der Waals surface area contributed by atoms with Crippen LogP contribution < -0.4 is 9.64 Å². The highest BCUT2D eigenvalue weighted by atomic mass is 16.6. The number of hydrogen-bond donors (Lipinski definition) is 0. The van der Waals surface area contributed by atoms with Crippen molar-refractivity contribution in [1.82, 2.24) is 9.88 Å². The van der Waals surface area contributed by atoms with Crippen LogP contribution in [0.5, 0.6) is 5.75 Å². The zero-order chi connectivity index (χ0) is 30.4. The minimum absolute atomic E-state index is 0.0859. The minimum atomic E-state index is -0.856. The first-order chi connectivity index (χ1) is 20.0. The van der Waals surface area contributed by atoms with Gasteiger partial charge in [-0.1, -0.05) is 49.4 Å². The molecule has 218 valence electrons. The van der Waals surface area contributed by atoms with Crippen LogP contribution in [0.1, 0.15) is 56.7 Å². The number of ether oxygens (including phenoxy) is 2. The molecular weight excluding hydrogens is 532 g/mol. The van der Waals surface area contributed by atoms with Crippen molar-refractivity contribution in [3.8, 4) is 11.8 Å². The molecule has 3 atom stereocenters. The maximum absolute atomic E-state index is 13.2. The number of hydrogen-bond acceptors (Lipinski definition) is 7. The van der Waals surface area contributed by atoms with E-state index in [-0.39, 0.29) is 37.1 Å². The molecule has 1 aromatic heterocycles. The van der Waals surface area contributed by atoms with Crippen LogP contribution in [-0.4, -0.2) is 46.5 Å². The monoisotopic (exact) mass is 568 g/mol. The van der Waals surface area contributed by atoms with E-state index >= 15 is 0 Å². The lowest BCUT2D eigenvalue weighted by Gasteiger charge is -2.42. The van der Waals surface area contributed by atoms with Crippen molar-refractivity contribution in [3.63, 3.8) is 0 Å². The topological polar surface area (TPSA) is 113 Å². The van der Waals surface area contributed by atoms with Crippen LogP contribution in [-0.2, 0) is 27.3 Å². The molecule has 0 saturated carbocycles. The van der Waals surface area contributed by atoms with Gasteiger partial charge in [-0.2, -0.15) is 5.26 Å². The Labute approximate surface area is 246 Å². The molecule has 9 heteroatoms. The van der Waals surface area contributed by atoms with Crippen LogP contribution in [0.4, 0.5) is 10.6 Å². The second-order valence-corrected chi connectivity index (χ2v) is 11.4. The van der Waals surface area contributed by atoms with Crippen LogP contribution in [0.15, 0.2) is 72.9 Å². The summed E-state index contributed by atoms with van der Waals surface area (Å²) in [6.45, 7) is 7.49. The van der Waals surface area contributed by atoms with E-state index in [2.05, 4.69) is 11.1 Å². The molecule has 4 rings (SSSR count). The Kier molecular flexibility index (Phi) is 9.26. The predicted molar refractivity (Wildman–Crippen MR) is 158 cm³/mol. The van der Waals surface area contributed by atoms with E-state index in [1.807, 2.05) is 61.5 Å². The highest BCUT2D eigenvalue weighted by Crippen LogP contribution is 2.33. The number of aromatic nitrogens is 1. The largest absolute Gasteiger partial charge is 0.497 e. The summed E-state index contributed by atoms with van der Waals surface area (Å²) in [5.41, 5.74) is 1.83. The fraction of sp³-hybridized carbons (Fsp3) is 0.364. The van der Waals surface area contributed by atoms with Crippen molar-refractivity contribution in [2.45, 2.75) is 64.6 Å². The second kappa shape index (κ2) is 12.9. The number of likely N-dealkylation sites (tertiary alicyclic amines) is 1. The van der Waals surface area contributed by atoms with Crippen LogP contribution in [0.3, 0.4) is 0 Å². The number of benzene rings is 2. The summed E-state index contributed by atoms with van der Waals surface area (Å²) in [6.07, 6.45) is 1.36. The van der Waals surface area contributed by atoms with E-state index in [0.717, 1.165) is 16.0 Å². The first-order valence-electron chi connectivity index (χ1n) is 13.9. The molecule has 2 aromatic carbocycles. The number of carbonyl (C=O) groups is 3. The summed E-state index contributed by atoms with van der Waals surface area (Å²) in [7, 11) is 1.58. The van der Waals surface area contributed by atoms with E-state index in [9.17, 15) is 19.6 Å². The van der Waals surface area contributed by atoms with Gasteiger partial charge in [-0.15, -0.1) is 0 Å². The molecule has 1 aliphatic heterocycles. The number of nitrogens with zero attached hydrogens (tertiary/aromatic N) is 4. The smallest absolute Gasteiger partial charge is 0.416 e. The minimum Gasteiger partial charge on any atom is -0.497 e. The standard InChI is InChI=1S/C33H36N4O5/c1-22(25-9-7-6-8-10-25)17-30(38)37-28(20-34)27(31(37)39)18-24-15-16-35-29(19-24)36(32(40)42-33(2,3)4)21-23-11-13-26(41-5)14-12-23/h6-16,19,22,27-28H,17-18,21H2,1-5H3/t22-,27+,28+/m0/s1. The van der Waals surface area contributed by atoms with Crippen molar-refractivity contribution in [3.05, 3.63) is 89.6 Å². The van der Waals surface area contributed by atoms with Gasteiger partial charge in [0, 0.05) is 12.6 Å². The van der Waals surface area contributed by atoms with Gasteiger partial charge in [0.25, 0.3) is 0 Å². The van der Waals surface area contributed by atoms with Crippen molar-refractivity contribution in [1.29, 1.82) is 5.26 Å². The summed E-state index contributed by atoms with van der Waals surface area (Å²) >= 11 is 0. The Balaban J connectivity index is 1.50. The Bertz CT molecular complexity index is 1460. The number of pyridine rings is 1. The van der Waals surface area contributed by atoms with E-state index < -0.39 is 23.7 Å². The van der Waals surface area contributed by atoms with E-state index in [1.165, 1.54) is 4.90 Å². The normalized spacial score (nSPS) is 17.0. The van der Waals surface area contributed by atoms with Gasteiger partial charge >= 0.3 is 6.09 Å². The van der Waals surface area contributed by atoms with Gasteiger partial charge in [0.2, 0.25) is 11.8 Å². The number of imide groups is 1. The number of β-lactam (4-membered cyclic amide) rings is 1. The molecular formula is C33H36N4O5. The summed E-state index contributed by atoms with van der Waals surface area (Å²) in [4.78, 5) is 46.3. The zero-order valence-corrected chi connectivity index (χ0v) is 24.6. The average Bonchev–Trinajstić information content (AvgIpc) is 2.97. The second-order valence-electron chi connectivity index (χ2n) is 11.4. The van der Waals surface area contributed by atoms with Gasteiger partial charge in [-0.05, 0) is 74.1 Å². The van der Waals surface area contributed by atoms with Crippen LogP contribution in [0.25, 0.3) is 0 Å². The summed E-state index contributed by atoms with van der Waals surface area (Å²) in [6, 6.07) is 21.7. The highest BCUT2D eigenvalue weighted by Gasteiger charge is 2.50. The van der Waals surface area contributed by atoms with Crippen LogP contribution in [0, 0.1) is 17.2 Å². The van der Waals surface area contributed by atoms with Crippen molar-refractivity contribution < 1.29 is 23.9 Å². The maximum atomic E-state index is 13.2. The summed E-state index contributed by atoms with van der Waals surface area (Å²) in [5, 5.41) is 9.86. The third-order valence-electron chi connectivity index (χ3n) is 7.12. The molecule has 2 heterocycles. The third kappa shape index (κ3) is 7.13. The molecule has 0 radical (unpaired) electrons. The maximum Gasteiger partial charge on any atom is 0.416 e. The quantitative estimate of drug-likeness (QED) is 0.307. The number of amides is 3. The Morgan fingerprint density at radius 2 is 1.76 bits per heavy atom. The lowest BCUT2D eigenvalue weighted by Crippen LogP contribution is -2.63. The number of rotatable bonds is 9. The molecule has 9 nitrogen and oxygen atoms in total. The van der Waals surface area contributed by atoms with Gasteiger partial charge in [0.1, 0.15) is 23.2 Å². The van der Waals surface area contributed by atoms with Crippen molar-refractivity contribution >= 4 is 23.7 Å². The van der Waals surface area contributed by atoms with Crippen LogP contribution in [0.2, 0.25) is 0 Å². The van der Waals surface area contributed by atoms with E-state index in [0.29, 0.717) is 17.1 Å². The van der Waals surface area contributed by atoms with Gasteiger partial charge in [-0.25, -0.2) is 9.78 Å². The third-order valence-corrected chi connectivity index (χ3v) is 7.12. The fourth-order valence-corrected chi connectivity index (χ4v) is 4.89. The van der Waals surface area contributed by atoms with Gasteiger partial charge in [0.15, 0.2) is 0 Å². The number of nitriles is 1. The van der Waals surface area contributed by atoms with Crippen molar-refractivity contribution in [2.75, 3.05) is 12.0 Å². The molecule has 1 saturated heterocycles. The summed E-state index contributed by atoms with van der Waals surface area (Å²) < 4.78 is 10.9. The van der Waals surface area contributed by atoms with Crippen LogP contribution >= 0.6 is 0 Å². The van der Waals surface area contributed by atoms with Gasteiger partial charge in [-0.3, -0.25) is 19.4 Å². The molecule has 0 N–H and O–H groups in total. The van der Waals surface area contributed by atoms with Gasteiger partial charge < -0.3 is 9.47 Å². The molecule has 0 spiro atoms. The lowest BCUT2D eigenvalue weighted by molar-refractivity contribution is -0.163. The molecule has 42 heavy (non-hydrogen) atoms. The average molecular weight is 569 g/mol. The molecule has 1 fully saturated rings. The molecule has 0 bridgehead atoms. The Hall–Kier alpha value is -4.71. The fourth-order valence-electron chi connectivity index (χ4n) is 4.89. The number of anilines is 1. The predicted octanol–water partition coefficient (Wildman–Crippen LogP) is 5.65. The van der Waals surface area contributed by atoms with Crippen molar-refractivity contribution in [2.24, 2.45) is 5.92 Å². The first-order valence-corrected chi connectivity index (χ1v) is 13.9. The molecule has 0 unspecified atom stereocenters. The molecule has 3 amide bonds. The first kappa shape index (κ1) is 30.3. The number of carbonyl (C=O) groups excluding carboxylic acids is 3. The SMILES string of the molecule is COc1ccc(CN(C(=O)OC(C)(C)C)c2cc(C[C@H]3C(=O)N(C(=O)C[C@H](C)c4ccccc4)[C@@H]3C#N)ccn2)cc1. The molecule has 0 aliphatic carbocycles. The van der Waals surface area contributed by atoms with Gasteiger partial charge in [0.05, 0.1) is 25.6 Å². The van der Waals surface area contributed by atoms with E-state index in [1.54, 1.807) is 46.2 Å². The Morgan fingerprint density at radius 3 is 2.38 bits per heavy atom. The Morgan fingerprint density at radius 1 is 1.07 bits per heavy atom. The lowest BCUT2D eigenvalue weighted by atomic mass is 9.82. The number of methoxy groups -OCH3 is 1.